The van der Waals surface area contributed by atoms with Crippen LogP contribution in [-0.2, 0) is 28.6 Å². The first kappa shape index (κ1) is 62.4. The normalized spacial score (nSPS) is 12.4. The Balaban J connectivity index is 4.24. The van der Waals surface area contributed by atoms with Gasteiger partial charge in [0.2, 0.25) is 0 Å². The van der Waals surface area contributed by atoms with E-state index in [9.17, 15) is 14.4 Å². The first-order chi connectivity index (χ1) is 31.4. The highest BCUT2D eigenvalue weighted by molar-refractivity contribution is 5.71. The van der Waals surface area contributed by atoms with Gasteiger partial charge in [0.1, 0.15) is 13.2 Å². The van der Waals surface area contributed by atoms with E-state index >= 15 is 0 Å². The molecule has 0 heterocycles. The molecule has 0 aromatic heterocycles. The van der Waals surface area contributed by atoms with Gasteiger partial charge in [0.15, 0.2) is 6.10 Å². The second-order valence-electron chi connectivity index (χ2n) is 20.2. The maximum Gasteiger partial charge on any atom is 0.306 e. The third-order valence-electron chi connectivity index (χ3n) is 13.7. The van der Waals surface area contributed by atoms with Crippen molar-refractivity contribution in [3.63, 3.8) is 0 Å². The van der Waals surface area contributed by atoms with Crippen LogP contribution in [-0.4, -0.2) is 37.2 Å². The molecule has 6 heteroatoms. The Kier molecular flexibility index (Phi) is 51.1. The van der Waals surface area contributed by atoms with E-state index in [0.29, 0.717) is 19.3 Å². The summed E-state index contributed by atoms with van der Waals surface area (Å²) in [5, 5.41) is 0. The summed E-state index contributed by atoms with van der Waals surface area (Å²) in [6.07, 6.45) is 56.6. The molecule has 0 radical (unpaired) electrons. The molecule has 0 rings (SSSR count). The molecule has 1 unspecified atom stereocenters. The number of hydrogen-bond donors (Lipinski definition) is 0. The molecular formula is C58H112O6. The van der Waals surface area contributed by atoms with Crippen molar-refractivity contribution in [2.45, 2.75) is 336 Å². The fraction of sp³-hybridized carbons (Fsp3) is 0.948. The van der Waals surface area contributed by atoms with E-state index in [-0.39, 0.29) is 31.1 Å². The Labute approximate surface area is 399 Å². The monoisotopic (exact) mass is 905 g/mol. The molecule has 2 atom stereocenters. The van der Waals surface area contributed by atoms with Gasteiger partial charge in [0.25, 0.3) is 0 Å². The third-order valence-corrected chi connectivity index (χ3v) is 13.7. The molecule has 0 fully saturated rings. The summed E-state index contributed by atoms with van der Waals surface area (Å²) < 4.78 is 16.9. The molecule has 0 saturated carbocycles. The highest BCUT2D eigenvalue weighted by Gasteiger charge is 2.19. The number of esters is 3. The number of unbranched alkanes of at least 4 members (excludes halogenated alkanes) is 39. The second kappa shape index (κ2) is 52.4. The van der Waals surface area contributed by atoms with Gasteiger partial charge in [-0.1, -0.05) is 291 Å². The van der Waals surface area contributed by atoms with E-state index < -0.39 is 6.10 Å². The van der Waals surface area contributed by atoms with Crippen LogP contribution in [0.1, 0.15) is 329 Å². The van der Waals surface area contributed by atoms with Crippen molar-refractivity contribution in [3.05, 3.63) is 0 Å². The molecule has 0 aromatic carbocycles. The molecule has 0 N–H and O–H groups in total. The largest absolute Gasteiger partial charge is 0.462 e. The van der Waals surface area contributed by atoms with Crippen molar-refractivity contribution in [2.75, 3.05) is 13.2 Å². The lowest BCUT2D eigenvalue weighted by Gasteiger charge is -2.18. The van der Waals surface area contributed by atoms with Crippen molar-refractivity contribution < 1.29 is 28.6 Å². The number of rotatable bonds is 53. The van der Waals surface area contributed by atoms with E-state index in [1.54, 1.807) is 0 Å². The lowest BCUT2D eigenvalue weighted by Crippen LogP contribution is -2.30. The van der Waals surface area contributed by atoms with Gasteiger partial charge in [0, 0.05) is 19.3 Å². The highest BCUT2D eigenvalue weighted by atomic mass is 16.6. The van der Waals surface area contributed by atoms with E-state index in [1.807, 2.05) is 0 Å². The van der Waals surface area contributed by atoms with Gasteiger partial charge in [-0.3, -0.25) is 14.4 Å². The summed E-state index contributed by atoms with van der Waals surface area (Å²) in [6, 6.07) is 0. The van der Waals surface area contributed by atoms with Crippen LogP contribution in [0.2, 0.25) is 0 Å². The molecule has 0 aliphatic heterocycles. The van der Waals surface area contributed by atoms with Crippen molar-refractivity contribution in [2.24, 2.45) is 5.92 Å². The maximum atomic E-state index is 12.8. The van der Waals surface area contributed by atoms with Crippen LogP contribution in [0, 0.1) is 5.92 Å². The number of carbonyl (C=O) groups is 3. The minimum absolute atomic E-state index is 0.0620. The summed E-state index contributed by atoms with van der Waals surface area (Å²) in [6.45, 7) is 9.09. The van der Waals surface area contributed by atoms with Crippen LogP contribution in [0.25, 0.3) is 0 Å². The van der Waals surface area contributed by atoms with Crippen LogP contribution in [0.5, 0.6) is 0 Å². The molecule has 0 bridgehead atoms. The van der Waals surface area contributed by atoms with Crippen LogP contribution in [0.3, 0.4) is 0 Å². The van der Waals surface area contributed by atoms with Gasteiger partial charge in [-0.25, -0.2) is 0 Å². The Morgan fingerprint density at radius 1 is 0.312 bits per heavy atom. The lowest BCUT2D eigenvalue weighted by atomic mass is 9.99. The first-order valence-corrected chi connectivity index (χ1v) is 28.9. The topological polar surface area (TPSA) is 78.9 Å². The van der Waals surface area contributed by atoms with E-state index in [4.69, 9.17) is 14.2 Å². The van der Waals surface area contributed by atoms with Gasteiger partial charge in [0.05, 0.1) is 0 Å². The van der Waals surface area contributed by atoms with E-state index in [2.05, 4.69) is 27.7 Å². The average molecular weight is 906 g/mol. The standard InChI is InChI=1S/C58H112O6/c1-5-8-10-12-14-16-18-19-20-21-22-23-27-30-34-38-42-46-50-57(60)63-53-55(52-62-56(59)49-45-41-37-33-17-15-13-11-9-6-2)64-58(61)51-47-43-39-35-31-28-25-24-26-29-32-36-40-44-48-54(4)7-3/h54-55H,5-53H2,1-4H3/t54?,55-/m1/s1. The van der Waals surface area contributed by atoms with Gasteiger partial charge >= 0.3 is 17.9 Å². The quantitative estimate of drug-likeness (QED) is 0.0344. The average Bonchev–Trinajstić information content (AvgIpc) is 3.29. The Bertz CT molecular complexity index is 966. The van der Waals surface area contributed by atoms with Crippen molar-refractivity contribution in [1.82, 2.24) is 0 Å². The summed E-state index contributed by atoms with van der Waals surface area (Å²) >= 11 is 0. The Hall–Kier alpha value is -1.59. The summed E-state index contributed by atoms with van der Waals surface area (Å²) in [4.78, 5) is 38.1. The fourth-order valence-corrected chi connectivity index (χ4v) is 8.89. The summed E-state index contributed by atoms with van der Waals surface area (Å²) in [7, 11) is 0. The molecular weight excluding hydrogens is 793 g/mol. The Morgan fingerprint density at radius 3 is 0.812 bits per heavy atom. The molecule has 0 amide bonds. The van der Waals surface area contributed by atoms with Crippen LogP contribution >= 0.6 is 0 Å². The van der Waals surface area contributed by atoms with Gasteiger partial charge in [-0.05, 0) is 25.2 Å². The molecule has 0 saturated heterocycles. The Morgan fingerprint density at radius 2 is 0.547 bits per heavy atom. The molecule has 6 nitrogen and oxygen atoms in total. The zero-order chi connectivity index (χ0) is 46.7. The van der Waals surface area contributed by atoms with Gasteiger partial charge < -0.3 is 14.2 Å². The molecule has 0 aliphatic rings. The van der Waals surface area contributed by atoms with Crippen molar-refractivity contribution in [1.29, 1.82) is 0 Å². The van der Waals surface area contributed by atoms with Gasteiger partial charge in [-0.2, -0.15) is 0 Å². The molecule has 380 valence electrons. The molecule has 0 spiro atoms. The van der Waals surface area contributed by atoms with Gasteiger partial charge in [-0.15, -0.1) is 0 Å². The molecule has 0 aliphatic carbocycles. The minimum atomic E-state index is -0.761. The lowest BCUT2D eigenvalue weighted by molar-refractivity contribution is -0.167. The van der Waals surface area contributed by atoms with Crippen LogP contribution < -0.4 is 0 Å². The van der Waals surface area contributed by atoms with Crippen molar-refractivity contribution in [3.8, 4) is 0 Å². The minimum Gasteiger partial charge on any atom is -0.462 e. The van der Waals surface area contributed by atoms with E-state index in [1.165, 1.54) is 225 Å². The predicted octanol–water partition coefficient (Wildman–Crippen LogP) is 19.0. The summed E-state index contributed by atoms with van der Waals surface area (Å²) in [5.41, 5.74) is 0. The second-order valence-corrected chi connectivity index (χ2v) is 20.2. The number of hydrogen-bond acceptors (Lipinski definition) is 6. The highest BCUT2D eigenvalue weighted by Crippen LogP contribution is 2.18. The predicted molar refractivity (Wildman–Crippen MR) is 275 cm³/mol. The fourth-order valence-electron chi connectivity index (χ4n) is 8.89. The zero-order valence-corrected chi connectivity index (χ0v) is 43.8. The molecule has 64 heavy (non-hydrogen) atoms. The maximum absolute atomic E-state index is 12.8. The number of carbonyl (C=O) groups excluding carboxylic acids is 3. The SMILES string of the molecule is CCCCCCCCCCCCCCCCCCCCC(=O)OC[C@@H](COC(=O)CCCCCCCCCCCC)OC(=O)CCCCCCCCCCCCCCCCC(C)CC. The third kappa shape index (κ3) is 49.8. The zero-order valence-electron chi connectivity index (χ0n) is 43.8. The van der Waals surface area contributed by atoms with Crippen LogP contribution in [0.4, 0.5) is 0 Å². The smallest absolute Gasteiger partial charge is 0.306 e. The van der Waals surface area contributed by atoms with Crippen molar-refractivity contribution >= 4 is 17.9 Å². The molecule has 0 aromatic rings. The number of ether oxygens (including phenoxy) is 3. The first-order valence-electron chi connectivity index (χ1n) is 28.9. The van der Waals surface area contributed by atoms with Crippen LogP contribution in [0.15, 0.2) is 0 Å². The summed E-state index contributed by atoms with van der Waals surface area (Å²) in [5.74, 6) is 0.0567. The van der Waals surface area contributed by atoms with E-state index in [0.717, 1.165) is 63.7 Å².